The third-order valence-electron chi connectivity index (χ3n) is 5.04. The molecule has 1 aliphatic heterocycles. The van der Waals surface area contributed by atoms with E-state index in [1.165, 1.54) is 0 Å². The van der Waals surface area contributed by atoms with Crippen LogP contribution in [0.25, 0.3) is 11.3 Å². The van der Waals surface area contributed by atoms with E-state index in [-0.39, 0.29) is 23.6 Å². The van der Waals surface area contributed by atoms with Crippen molar-refractivity contribution >= 4 is 17.5 Å². The summed E-state index contributed by atoms with van der Waals surface area (Å²) in [5.74, 6) is 2.25. The highest BCUT2D eigenvalue weighted by molar-refractivity contribution is 6.30. The fraction of sp³-hybridized carbons (Fsp3) is 0.292. The van der Waals surface area contributed by atoms with Crippen LogP contribution in [0.2, 0.25) is 5.02 Å². The molecule has 1 atom stereocenters. The molecule has 0 aliphatic carbocycles. The van der Waals surface area contributed by atoms with Gasteiger partial charge in [0.2, 0.25) is 0 Å². The number of ether oxygens (including phenoxy) is 2. The summed E-state index contributed by atoms with van der Waals surface area (Å²) in [7, 11) is 0. The van der Waals surface area contributed by atoms with Gasteiger partial charge < -0.3 is 19.2 Å². The first-order valence-electron chi connectivity index (χ1n) is 10.1. The van der Waals surface area contributed by atoms with Crippen LogP contribution in [0, 0.1) is 5.92 Å². The molecule has 1 aliphatic rings. The summed E-state index contributed by atoms with van der Waals surface area (Å²) in [4.78, 5) is 12.9. The molecule has 1 aromatic heterocycles. The van der Waals surface area contributed by atoms with Gasteiger partial charge in [0, 0.05) is 17.0 Å². The van der Waals surface area contributed by atoms with Gasteiger partial charge >= 0.3 is 0 Å². The fourth-order valence-corrected chi connectivity index (χ4v) is 3.58. The lowest BCUT2D eigenvalue weighted by Crippen LogP contribution is -2.31. The third kappa shape index (κ3) is 4.46. The van der Waals surface area contributed by atoms with E-state index < -0.39 is 0 Å². The van der Waals surface area contributed by atoms with E-state index in [9.17, 15) is 4.79 Å². The number of benzene rings is 2. The molecule has 6 heteroatoms. The van der Waals surface area contributed by atoms with Crippen molar-refractivity contribution in [3.05, 3.63) is 70.9 Å². The molecule has 1 N–H and O–H groups in total. The smallest absolute Gasteiger partial charge is 0.287 e. The van der Waals surface area contributed by atoms with Gasteiger partial charge in [-0.25, -0.2) is 0 Å². The molecule has 30 heavy (non-hydrogen) atoms. The topological polar surface area (TPSA) is 60.7 Å². The predicted molar refractivity (Wildman–Crippen MR) is 116 cm³/mol. The van der Waals surface area contributed by atoms with Gasteiger partial charge in [-0.3, -0.25) is 4.79 Å². The van der Waals surface area contributed by atoms with E-state index in [0.717, 1.165) is 23.3 Å². The zero-order valence-electron chi connectivity index (χ0n) is 17.0. The number of fused-ring (bicyclic) bond motifs is 1. The third-order valence-corrected chi connectivity index (χ3v) is 5.29. The number of hydrogen-bond acceptors (Lipinski definition) is 4. The van der Waals surface area contributed by atoms with Crippen molar-refractivity contribution in [1.29, 1.82) is 0 Å². The Kier molecular flexibility index (Phi) is 6.00. The van der Waals surface area contributed by atoms with Crippen LogP contribution < -0.4 is 14.8 Å². The second kappa shape index (κ2) is 8.84. The second-order valence-corrected chi connectivity index (χ2v) is 8.06. The zero-order valence-corrected chi connectivity index (χ0v) is 17.7. The van der Waals surface area contributed by atoms with Crippen LogP contribution in [0.3, 0.4) is 0 Å². The highest BCUT2D eigenvalue weighted by Crippen LogP contribution is 2.34. The lowest BCUT2D eigenvalue weighted by Gasteiger charge is -2.23. The lowest BCUT2D eigenvalue weighted by molar-refractivity contribution is 0.0898. The predicted octanol–water partition coefficient (Wildman–Crippen LogP) is 5.89. The molecule has 2 aromatic carbocycles. The SMILES string of the molecule is CC(C)[C@H](NC(=O)c1ccc(-c2ccc(Cl)cc2)o1)c1ccc2c(c1)OCCCO2. The van der Waals surface area contributed by atoms with Crippen molar-refractivity contribution in [1.82, 2.24) is 5.32 Å². The van der Waals surface area contributed by atoms with Crippen molar-refractivity contribution < 1.29 is 18.7 Å². The average Bonchev–Trinajstić information content (AvgIpc) is 3.11. The van der Waals surface area contributed by atoms with Gasteiger partial charge in [0.1, 0.15) is 5.76 Å². The van der Waals surface area contributed by atoms with Crippen molar-refractivity contribution in [3.8, 4) is 22.8 Å². The molecule has 0 spiro atoms. The van der Waals surface area contributed by atoms with Crippen molar-refractivity contribution in [2.75, 3.05) is 13.2 Å². The first kappa shape index (κ1) is 20.4. The average molecular weight is 426 g/mol. The minimum atomic E-state index is -0.263. The molecule has 0 unspecified atom stereocenters. The first-order chi connectivity index (χ1) is 14.5. The molecule has 0 bridgehead atoms. The van der Waals surface area contributed by atoms with Gasteiger partial charge in [-0.05, 0) is 60.0 Å². The maximum Gasteiger partial charge on any atom is 0.287 e. The van der Waals surface area contributed by atoms with Gasteiger partial charge in [0.25, 0.3) is 5.91 Å². The summed E-state index contributed by atoms with van der Waals surface area (Å²) < 4.78 is 17.3. The molecule has 0 saturated carbocycles. The van der Waals surface area contributed by atoms with Crippen LogP contribution in [-0.4, -0.2) is 19.1 Å². The quantitative estimate of drug-likeness (QED) is 0.553. The number of rotatable bonds is 5. The van der Waals surface area contributed by atoms with Gasteiger partial charge in [0.05, 0.1) is 19.3 Å². The van der Waals surface area contributed by atoms with E-state index in [2.05, 4.69) is 19.2 Å². The van der Waals surface area contributed by atoms with Crippen LogP contribution in [0.5, 0.6) is 11.5 Å². The Morgan fingerprint density at radius 3 is 2.43 bits per heavy atom. The van der Waals surface area contributed by atoms with E-state index >= 15 is 0 Å². The Bertz CT molecular complexity index is 1030. The van der Waals surface area contributed by atoms with Crippen LogP contribution >= 0.6 is 11.6 Å². The summed E-state index contributed by atoms with van der Waals surface area (Å²) in [6, 6.07) is 16.4. The summed E-state index contributed by atoms with van der Waals surface area (Å²) in [6.07, 6.45) is 0.850. The van der Waals surface area contributed by atoms with Crippen molar-refractivity contribution in [2.24, 2.45) is 5.92 Å². The molecule has 0 saturated heterocycles. The van der Waals surface area contributed by atoms with E-state index in [0.29, 0.717) is 29.7 Å². The zero-order chi connectivity index (χ0) is 21.1. The number of carbonyl (C=O) groups excluding carboxylic acids is 1. The number of carbonyl (C=O) groups is 1. The van der Waals surface area contributed by atoms with Gasteiger partial charge in [-0.2, -0.15) is 0 Å². The van der Waals surface area contributed by atoms with Gasteiger partial charge in [-0.15, -0.1) is 0 Å². The lowest BCUT2D eigenvalue weighted by atomic mass is 9.95. The molecule has 156 valence electrons. The Balaban J connectivity index is 1.53. The first-order valence-corrected chi connectivity index (χ1v) is 10.5. The Morgan fingerprint density at radius 1 is 0.967 bits per heavy atom. The Hall–Kier alpha value is -2.92. The number of hydrogen-bond donors (Lipinski definition) is 1. The number of nitrogens with one attached hydrogen (secondary N) is 1. The standard InChI is InChI=1S/C24H24ClNO4/c1-15(2)23(17-6-9-20-22(14-17)29-13-3-12-28-20)26-24(27)21-11-10-19(30-21)16-4-7-18(25)8-5-16/h4-11,14-15,23H,3,12-13H2,1-2H3,(H,26,27)/t23-/m0/s1. The van der Waals surface area contributed by atoms with E-state index in [4.69, 9.17) is 25.5 Å². The van der Waals surface area contributed by atoms with Crippen LogP contribution in [0.1, 0.15) is 42.4 Å². The minimum absolute atomic E-state index is 0.171. The molecular formula is C24H24ClNO4. The minimum Gasteiger partial charge on any atom is -0.490 e. The number of halogens is 1. The maximum absolute atomic E-state index is 12.9. The van der Waals surface area contributed by atoms with Crippen LogP contribution in [-0.2, 0) is 0 Å². The van der Waals surface area contributed by atoms with Crippen LogP contribution in [0.15, 0.2) is 59.0 Å². The molecule has 4 rings (SSSR count). The Morgan fingerprint density at radius 2 is 1.70 bits per heavy atom. The molecule has 5 nitrogen and oxygen atoms in total. The Labute approximate surface area is 180 Å². The van der Waals surface area contributed by atoms with E-state index in [1.54, 1.807) is 24.3 Å². The highest BCUT2D eigenvalue weighted by Gasteiger charge is 2.23. The van der Waals surface area contributed by atoms with Gasteiger partial charge in [0.15, 0.2) is 17.3 Å². The molecule has 0 fully saturated rings. The number of amides is 1. The molecule has 2 heterocycles. The summed E-state index contributed by atoms with van der Waals surface area (Å²) in [5, 5.41) is 3.75. The van der Waals surface area contributed by atoms with Crippen molar-refractivity contribution in [3.63, 3.8) is 0 Å². The second-order valence-electron chi connectivity index (χ2n) is 7.62. The number of furan rings is 1. The molecule has 1 amide bonds. The fourth-order valence-electron chi connectivity index (χ4n) is 3.45. The summed E-state index contributed by atoms with van der Waals surface area (Å²) in [5.41, 5.74) is 1.83. The largest absolute Gasteiger partial charge is 0.490 e. The van der Waals surface area contributed by atoms with Crippen molar-refractivity contribution in [2.45, 2.75) is 26.3 Å². The normalized spacial score (nSPS) is 14.3. The molecule has 3 aromatic rings. The van der Waals surface area contributed by atoms with Gasteiger partial charge in [-0.1, -0.05) is 31.5 Å². The summed E-state index contributed by atoms with van der Waals surface area (Å²) in [6.45, 7) is 5.39. The molecule has 0 radical (unpaired) electrons. The molecular weight excluding hydrogens is 402 g/mol. The maximum atomic E-state index is 12.9. The van der Waals surface area contributed by atoms with Crippen LogP contribution in [0.4, 0.5) is 0 Å². The summed E-state index contributed by atoms with van der Waals surface area (Å²) >= 11 is 5.94. The highest BCUT2D eigenvalue weighted by atomic mass is 35.5. The monoisotopic (exact) mass is 425 g/mol. The van der Waals surface area contributed by atoms with E-state index in [1.807, 2.05) is 30.3 Å².